The van der Waals surface area contributed by atoms with Gasteiger partial charge in [-0.05, 0) is 17.0 Å². The van der Waals surface area contributed by atoms with Gasteiger partial charge < -0.3 is 15.9 Å². The molecule has 0 aliphatic heterocycles. The number of nitrogens with two attached hydrogens (primary N) is 1. The second kappa shape index (κ2) is 4.94. The van der Waals surface area contributed by atoms with Crippen molar-refractivity contribution >= 4 is 28.3 Å². The monoisotopic (exact) mass is 265 g/mol. The van der Waals surface area contributed by atoms with Gasteiger partial charge in [-0.3, -0.25) is 4.79 Å². The highest BCUT2D eigenvalue weighted by molar-refractivity contribution is 6.35. The molecule has 4 nitrogen and oxygen atoms in total. The Labute approximate surface area is 109 Å². The summed E-state index contributed by atoms with van der Waals surface area (Å²) in [5.41, 5.74) is 5.35. The highest BCUT2D eigenvalue weighted by atomic mass is 35.5. The molecule has 0 bridgehead atoms. The number of aliphatic hydroxyl groups excluding tert-OH is 2. The number of hydrogen-bond acceptors (Lipinski definition) is 3. The SMILES string of the molecule is NC(=O)C(O)C(O)c1cccc2cccc(Cl)c12. The van der Waals surface area contributed by atoms with Crippen molar-refractivity contribution in [2.45, 2.75) is 12.2 Å². The zero-order valence-corrected chi connectivity index (χ0v) is 10.1. The van der Waals surface area contributed by atoms with Gasteiger partial charge in [-0.15, -0.1) is 0 Å². The molecule has 1 amide bonds. The fourth-order valence-electron chi connectivity index (χ4n) is 1.90. The predicted molar refractivity (Wildman–Crippen MR) is 69.1 cm³/mol. The maximum Gasteiger partial charge on any atom is 0.249 e. The summed E-state index contributed by atoms with van der Waals surface area (Å²) in [6, 6.07) is 10.4. The van der Waals surface area contributed by atoms with Gasteiger partial charge in [0, 0.05) is 10.4 Å². The van der Waals surface area contributed by atoms with E-state index in [1.54, 1.807) is 24.3 Å². The van der Waals surface area contributed by atoms with Crippen LogP contribution in [0.2, 0.25) is 5.02 Å². The molecule has 0 radical (unpaired) electrons. The van der Waals surface area contributed by atoms with Gasteiger partial charge in [0.1, 0.15) is 6.10 Å². The van der Waals surface area contributed by atoms with Gasteiger partial charge in [0.25, 0.3) is 0 Å². The summed E-state index contributed by atoms with van der Waals surface area (Å²) in [5.74, 6) is -0.980. The Morgan fingerprint density at radius 3 is 2.39 bits per heavy atom. The number of aliphatic hydroxyl groups is 2. The van der Waals surface area contributed by atoms with Crippen LogP contribution in [0.25, 0.3) is 10.8 Å². The van der Waals surface area contributed by atoms with Crippen LogP contribution in [0.3, 0.4) is 0 Å². The summed E-state index contributed by atoms with van der Waals surface area (Å²) in [4.78, 5) is 10.9. The summed E-state index contributed by atoms with van der Waals surface area (Å²) < 4.78 is 0. The number of halogens is 1. The molecule has 0 saturated heterocycles. The number of fused-ring (bicyclic) bond motifs is 1. The highest BCUT2D eigenvalue weighted by Gasteiger charge is 2.25. The van der Waals surface area contributed by atoms with E-state index < -0.39 is 18.1 Å². The minimum atomic E-state index is -1.66. The van der Waals surface area contributed by atoms with E-state index in [1.165, 1.54) is 0 Å². The molecule has 5 heteroatoms. The normalized spacial score (nSPS) is 14.4. The molecule has 4 N–H and O–H groups in total. The smallest absolute Gasteiger partial charge is 0.249 e. The van der Waals surface area contributed by atoms with Crippen LogP contribution in [0.4, 0.5) is 0 Å². The number of amides is 1. The van der Waals surface area contributed by atoms with Gasteiger partial charge in [0.2, 0.25) is 5.91 Å². The predicted octanol–water partition coefficient (Wildman–Crippen LogP) is 1.37. The third kappa shape index (κ3) is 2.18. The molecule has 94 valence electrons. The summed E-state index contributed by atoms with van der Waals surface area (Å²) >= 11 is 6.08. The van der Waals surface area contributed by atoms with Gasteiger partial charge in [0.05, 0.1) is 0 Å². The van der Waals surface area contributed by atoms with Crippen LogP contribution in [-0.4, -0.2) is 22.2 Å². The van der Waals surface area contributed by atoms with Crippen molar-refractivity contribution in [3.8, 4) is 0 Å². The van der Waals surface area contributed by atoms with E-state index in [1.807, 2.05) is 12.1 Å². The first kappa shape index (κ1) is 12.8. The second-order valence-corrected chi connectivity index (χ2v) is 4.38. The van der Waals surface area contributed by atoms with E-state index in [9.17, 15) is 15.0 Å². The molecule has 0 aliphatic carbocycles. The molecule has 2 atom stereocenters. The van der Waals surface area contributed by atoms with Crippen LogP contribution < -0.4 is 5.73 Å². The topological polar surface area (TPSA) is 83.6 Å². The Kier molecular flexibility index (Phi) is 3.52. The molecule has 0 heterocycles. The lowest BCUT2D eigenvalue weighted by Gasteiger charge is -2.17. The van der Waals surface area contributed by atoms with E-state index in [0.29, 0.717) is 16.0 Å². The fraction of sp³-hybridized carbons (Fsp3) is 0.154. The first-order valence-corrected chi connectivity index (χ1v) is 5.72. The molecular formula is C13H12ClNO3. The molecule has 0 saturated carbocycles. The van der Waals surface area contributed by atoms with Crippen molar-refractivity contribution in [3.63, 3.8) is 0 Å². The maximum absolute atomic E-state index is 10.9. The van der Waals surface area contributed by atoms with Crippen molar-refractivity contribution in [2.24, 2.45) is 5.73 Å². The molecule has 0 aromatic heterocycles. The molecule has 2 unspecified atom stereocenters. The lowest BCUT2D eigenvalue weighted by Crippen LogP contribution is -2.33. The molecule has 18 heavy (non-hydrogen) atoms. The van der Waals surface area contributed by atoms with E-state index in [4.69, 9.17) is 17.3 Å². The van der Waals surface area contributed by atoms with Gasteiger partial charge >= 0.3 is 0 Å². The Morgan fingerprint density at radius 2 is 1.78 bits per heavy atom. The number of rotatable bonds is 3. The van der Waals surface area contributed by atoms with Gasteiger partial charge in [0.15, 0.2) is 6.10 Å². The molecule has 0 spiro atoms. The number of hydrogen-bond donors (Lipinski definition) is 3. The third-order valence-corrected chi connectivity index (χ3v) is 3.11. The van der Waals surface area contributed by atoms with Crippen molar-refractivity contribution in [3.05, 3.63) is 47.0 Å². The number of carbonyl (C=O) groups is 1. The molecular weight excluding hydrogens is 254 g/mol. The Balaban J connectivity index is 2.61. The summed E-state index contributed by atoms with van der Waals surface area (Å²) in [5, 5.41) is 21.4. The van der Waals surface area contributed by atoms with Crippen LogP contribution in [0.1, 0.15) is 11.7 Å². The average molecular weight is 266 g/mol. The Hall–Kier alpha value is -1.62. The van der Waals surface area contributed by atoms with E-state index in [0.717, 1.165) is 5.39 Å². The van der Waals surface area contributed by atoms with Crippen LogP contribution in [-0.2, 0) is 4.79 Å². The standard InChI is InChI=1S/C13H12ClNO3/c14-9-6-2-4-7-3-1-5-8(10(7)9)11(16)12(17)13(15)18/h1-6,11-12,16-17H,(H2,15,18). The second-order valence-electron chi connectivity index (χ2n) is 3.98. The average Bonchev–Trinajstić information content (AvgIpc) is 2.36. The first-order valence-electron chi connectivity index (χ1n) is 5.35. The van der Waals surface area contributed by atoms with Crippen molar-refractivity contribution in [1.29, 1.82) is 0 Å². The molecule has 0 aliphatic rings. The van der Waals surface area contributed by atoms with E-state index >= 15 is 0 Å². The number of primary amides is 1. The largest absolute Gasteiger partial charge is 0.385 e. The third-order valence-electron chi connectivity index (χ3n) is 2.80. The van der Waals surface area contributed by atoms with Gasteiger partial charge in [-0.25, -0.2) is 0 Å². The Bertz CT molecular complexity index is 595. The van der Waals surface area contributed by atoms with Crippen LogP contribution >= 0.6 is 11.6 Å². The van der Waals surface area contributed by atoms with Crippen LogP contribution in [0.15, 0.2) is 36.4 Å². The van der Waals surface area contributed by atoms with Crippen LogP contribution in [0.5, 0.6) is 0 Å². The zero-order valence-electron chi connectivity index (χ0n) is 9.38. The minimum Gasteiger partial charge on any atom is -0.385 e. The summed E-state index contributed by atoms with van der Waals surface area (Å²) in [6.45, 7) is 0. The minimum absolute atomic E-state index is 0.379. The molecule has 2 rings (SSSR count). The van der Waals surface area contributed by atoms with Gasteiger partial charge in [-0.2, -0.15) is 0 Å². The maximum atomic E-state index is 10.9. The lowest BCUT2D eigenvalue weighted by molar-refractivity contribution is -0.131. The van der Waals surface area contributed by atoms with E-state index in [2.05, 4.69) is 0 Å². The molecule has 2 aromatic carbocycles. The summed E-state index contributed by atoms with van der Waals surface area (Å²) in [7, 11) is 0. The first-order chi connectivity index (χ1) is 8.52. The molecule has 2 aromatic rings. The highest BCUT2D eigenvalue weighted by Crippen LogP contribution is 2.31. The Morgan fingerprint density at radius 1 is 1.17 bits per heavy atom. The van der Waals surface area contributed by atoms with Crippen molar-refractivity contribution in [1.82, 2.24) is 0 Å². The van der Waals surface area contributed by atoms with Crippen molar-refractivity contribution in [2.75, 3.05) is 0 Å². The van der Waals surface area contributed by atoms with Crippen LogP contribution in [0, 0.1) is 0 Å². The number of benzene rings is 2. The van der Waals surface area contributed by atoms with E-state index in [-0.39, 0.29) is 0 Å². The zero-order chi connectivity index (χ0) is 13.3. The number of carbonyl (C=O) groups excluding carboxylic acids is 1. The fourth-order valence-corrected chi connectivity index (χ4v) is 2.19. The quantitative estimate of drug-likeness (QED) is 0.784. The lowest BCUT2D eigenvalue weighted by atomic mass is 9.97. The molecule has 0 fully saturated rings. The van der Waals surface area contributed by atoms with Crippen molar-refractivity contribution < 1.29 is 15.0 Å². The summed E-state index contributed by atoms with van der Waals surface area (Å²) in [6.07, 6.45) is -3.06. The van der Waals surface area contributed by atoms with Gasteiger partial charge in [-0.1, -0.05) is 41.9 Å².